The lowest BCUT2D eigenvalue weighted by molar-refractivity contribution is 0.0690. The van der Waals surface area contributed by atoms with Crippen molar-refractivity contribution in [1.29, 1.82) is 0 Å². The molecule has 6 nitrogen and oxygen atoms in total. The van der Waals surface area contributed by atoms with Gasteiger partial charge in [-0.15, -0.1) is 0 Å². The van der Waals surface area contributed by atoms with Gasteiger partial charge in [0.05, 0.1) is 12.1 Å². The maximum absolute atomic E-state index is 12.0. The van der Waals surface area contributed by atoms with Gasteiger partial charge < -0.3 is 15.2 Å². The van der Waals surface area contributed by atoms with Gasteiger partial charge in [0.15, 0.2) is 0 Å². The summed E-state index contributed by atoms with van der Waals surface area (Å²) in [7, 11) is 1.46. The first kappa shape index (κ1) is 14.8. The largest absolute Gasteiger partial charge is 0.495 e. The second-order valence-corrected chi connectivity index (χ2v) is 4.42. The van der Waals surface area contributed by atoms with E-state index < -0.39 is 11.9 Å². The first-order valence-electron chi connectivity index (χ1n) is 5.86. The van der Waals surface area contributed by atoms with Gasteiger partial charge in [-0.1, -0.05) is 17.7 Å². The third kappa shape index (κ3) is 3.49. The Morgan fingerprint density at radius 2 is 1.95 bits per heavy atom. The smallest absolute Gasteiger partial charge is 0.354 e. The van der Waals surface area contributed by atoms with Crippen LogP contribution in [0, 0.1) is 0 Å². The molecule has 2 N–H and O–H groups in total. The molecule has 21 heavy (non-hydrogen) atoms. The van der Waals surface area contributed by atoms with Gasteiger partial charge >= 0.3 is 5.97 Å². The third-order valence-electron chi connectivity index (χ3n) is 2.61. The van der Waals surface area contributed by atoms with Crippen molar-refractivity contribution in [3.8, 4) is 5.75 Å². The molecule has 1 aromatic carbocycles. The summed E-state index contributed by atoms with van der Waals surface area (Å²) in [6.07, 6.45) is 0. The number of ether oxygens (including phenoxy) is 1. The van der Waals surface area contributed by atoms with Crippen molar-refractivity contribution in [3.63, 3.8) is 0 Å². The number of aromatic nitrogens is 1. The molecule has 108 valence electrons. The third-order valence-corrected chi connectivity index (χ3v) is 2.92. The lowest BCUT2D eigenvalue weighted by Gasteiger charge is -2.08. The zero-order valence-electron chi connectivity index (χ0n) is 11.0. The predicted molar refractivity (Wildman–Crippen MR) is 77.2 cm³/mol. The van der Waals surface area contributed by atoms with Crippen LogP contribution in [0.25, 0.3) is 0 Å². The second-order valence-electron chi connectivity index (χ2n) is 4.02. The van der Waals surface area contributed by atoms with Gasteiger partial charge in [-0.25, -0.2) is 9.78 Å². The van der Waals surface area contributed by atoms with E-state index in [1.54, 1.807) is 18.2 Å². The van der Waals surface area contributed by atoms with Gasteiger partial charge in [0.1, 0.15) is 17.1 Å². The number of nitrogens with zero attached hydrogens (tertiary/aromatic N) is 1. The molecule has 0 aliphatic rings. The number of benzene rings is 1. The van der Waals surface area contributed by atoms with Crippen LogP contribution in [0.2, 0.25) is 5.02 Å². The van der Waals surface area contributed by atoms with Crippen LogP contribution in [0.3, 0.4) is 0 Å². The lowest BCUT2D eigenvalue weighted by atomic mass is 10.2. The first-order chi connectivity index (χ1) is 10.0. The Morgan fingerprint density at radius 1 is 1.24 bits per heavy atom. The van der Waals surface area contributed by atoms with Gasteiger partial charge in [0.2, 0.25) is 0 Å². The summed E-state index contributed by atoms with van der Waals surface area (Å²) in [5, 5.41) is 11.9. The first-order valence-corrected chi connectivity index (χ1v) is 6.24. The Labute approximate surface area is 125 Å². The number of anilines is 1. The molecule has 0 fully saturated rings. The van der Waals surface area contributed by atoms with E-state index in [0.29, 0.717) is 16.5 Å². The summed E-state index contributed by atoms with van der Waals surface area (Å²) in [4.78, 5) is 26.6. The number of carboxylic acids is 1. The van der Waals surface area contributed by atoms with Crippen LogP contribution in [0.15, 0.2) is 36.4 Å². The minimum absolute atomic E-state index is 0.00353. The predicted octanol–water partition coefficient (Wildman–Crippen LogP) is 2.69. The summed E-state index contributed by atoms with van der Waals surface area (Å²) in [6.45, 7) is 0. The number of carboxylic acid groups (broad SMARTS) is 1. The summed E-state index contributed by atoms with van der Waals surface area (Å²) in [5.41, 5.74) is 0.268. The number of hydrogen-bond acceptors (Lipinski definition) is 4. The van der Waals surface area contributed by atoms with Gasteiger partial charge in [0.25, 0.3) is 5.91 Å². The van der Waals surface area contributed by atoms with Crippen molar-refractivity contribution in [2.45, 2.75) is 0 Å². The highest BCUT2D eigenvalue weighted by molar-refractivity contribution is 6.32. The van der Waals surface area contributed by atoms with Crippen molar-refractivity contribution in [2.24, 2.45) is 0 Å². The molecule has 0 aliphatic heterocycles. The topological polar surface area (TPSA) is 88.5 Å². The van der Waals surface area contributed by atoms with E-state index in [2.05, 4.69) is 10.3 Å². The molecule has 0 saturated heterocycles. The Balaban J connectivity index is 2.22. The maximum atomic E-state index is 12.0. The molecular weight excluding hydrogens is 296 g/mol. The van der Waals surface area contributed by atoms with Crippen molar-refractivity contribution < 1.29 is 19.4 Å². The number of methoxy groups -OCH3 is 1. The highest BCUT2D eigenvalue weighted by Crippen LogP contribution is 2.27. The van der Waals surface area contributed by atoms with E-state index in [0.717, 1.165) is 0 Å². The molecule has 2 aromatic rings. The number of nitrogens with one attached hydrogen (secondary N) is 1. The zero-order chi connectivity index (χ0) is 15.4. The van der Waals surface area contributed by atoms with Crippen molar-refractivity contribution in [3.05, 3.63) is 52.8 Å². The Kier molecular flexibility index (Phi) is 4.39. The molecule has 0 saturated carbocycles. The fourth-order valence-electron chi connectivity index (χ4n) is 1.61. The monoisotopic (exact) mass is 306 g/mol. The van der Waals surface area contributed by atoms with Gasteiger partial charge in [-0.05, 0) is 24.3 Å². The zero-order valence-corrected chi connectivity index (χ0v) is 11.7. The number of carbonyl (C=O) groups is 2. The molecule has 0 atom stereocenters. The quantitative estimate of drug-likeness (QED) is 0.906. The number of rotatable bonds is 4. The van der Waals surface area contributed by atoms with Crippen molar-refractivity contribution >= 4 is 29.2 Å². The minimum Gasteiger partial charge on any atom is -0.495 e. The van der Waals surface area contributed by atoms with Crippen LogP contribution >= 0.6 is 11.6 Å². The van der Waals surface area contributed by atoms with Crippen LogP contribution < -0.4 is 10.1 Å². The lowest BCUT2D eigenvalue weighted by Crippen LogP contribution is -2.15. The molecule has 1 amide bonds. The van der Waals surface area contributed by atoms with E-state index in [9.17, 15) is 9.59 Å². The van der Waals surface area contributed by atoms with Crippen molar-refractivity contribution in [1.82, 2.24) is 4.98 Å². The molecule has 7 heteroatoms. The summed E-state index contributed by atoms with van der Waals surface area (Å²) < 4.78 is 5.05. The standard InChI is InChI=1S/C14H11ClN2O4/c1-21-12-7-8(5-6-9(12)15)16-13(18)10-3-2-4-11(17-10)14(19)20/h2-7H,1H3,(H,16,18)(H,19,20). The van der Waals surface area contributed by atoms with Crippen LogP contribution in [-0.2, 0) is 0 Å². The van der Waals surface area contributed by atoms with Gasteiger partial charge in [-0.3, -0.25) is 4.79 Å². The van der Waals surface area contributed by atoms with E-state index in [1.165, 1.54) is 25.3 Å². The number of pyridine rings is 1. The number of aromatic carboxylic acids is 1. The number of carbonyl (C=O) groups excluding carboxylic acids is 1. The molecule has 0 unspecified atom stereocenters. The average Bonchev–Trinajstić information content (AvgIpc) is 2.49. The minimum atomic E-state index is -1.20. The van der Waals surface area contributed by atoms with Crippen LogP contribution in [0.5, 0.6) is 5.75 Å². The highest BCUT2D eigenvalue weighted by Gasteiger charge is 2.12. The molecular formula is C14H11ClN2O4. The molecule has 2 rings (SSSR count). The molecule has 1 aromatic heterocycles. The Morgan fingerprint density at radius 3 is 2.62 bits per heavy atom. The average molecular weight is 307 g/mol. The SMILES string of the molecule is COc1cc(NC(=O)c2cccc(C(=O)O)n2)ccc1Cl. The Hall–Kier alpha value is -2.60. The fourth-order valence-corrected chi connectivity index (χ4v) is 1.81. The van der Waals surface area contributed by atoms with E-state index in [-0.39, 0.29) is 11.4 Å². The molecule has 0 aliphatic carbocycles. The van der Waals surface area contributed by atoms with Gasteiger partial charge in [-0.2, -0.15) is 0 Å². The normalized spacial score (nSPS) is 10.0. The van der Waals surface area contributed by atoms with E-state index >= 15 is 0 Å². The number of hydrogen-bond donors (Lipinski definition) is 2. The summed E-state index contributed by atoms with van der Waals surface area (Å²) in [5.74, 6) is -1.30. The summed E-state index contributed by atoms with van der Waals surface area (Å²) >= 11 is 5.89. The molecule has 0 radical (unpaired) electrons. The van der Waals surface area contributed by atoms with Crippen LogP contribution in [0.4, 0.5) is 5.69 Å². The maximum Gasteiger partial charge on any atom is 0.354 e. The van der Waals surface area contributed by atoms with Crippen molar-refractivity contribution in [2.75, 3.05) is 12.4 Å². The molecule has 0 bridgehead atoms. The van der Waals surface area contributed by atoms with E-state index in [1.807, 2.05) is 0 Å². The second kappa shape index (κ2) is 6.23. The number of halogens is 1. The van der Waals surface area contributed by atoms with Crippen LogP contribution in [0.1, 0.15) is 21.0 Å². The molecule has 0 spiro atoms. The number of amides is 1. The Bertz CT molecular complexity index is 703. The molecule has 1 heterocycles. The van der Waals surface area contributed by atoms with E-state index in [4.69, 9.17) is 21.4 Å². The fraction of sp³-hybridized carbons (Fsp3) is 0.0714. The van der Waals surface area contributed by atoms with Crippen LogP contribution in [-0.4, -0.2) is 29.1 Å². The summed E-state index contributed by atoms with van der Waals surface area (Å²) in [6, 6.07) is 8.93. The van der Waals surface area contributed by atoms with Gasteiger partial charge in [0, 0.05) is 11.8 Å². The highest BCUT2D eigenvalue weighted by atomic mass is 35.5.